The minimum Gasteiger partial charge on any atom is -0.486 e. The number of benzene rings is 3. The second kappa shape index (κ2) is 9.38. The van der Waals surface area contributed by atoms with Crippen molar-refractivity contribution in [3.8, 4) is 11.5 Å². The molecule has 0 spiro atoms. The number of carbonyl (C=O) groups excluding carboxylic acids is 1. The smallest absolute Gasteiger partial charge is 0.262 e. The molecule has 8 heteroatoms. The van der Waals surface area contributed by atoms with Crippen LogP contribution in [0.15, 0.2) is 59.5 Å². The van der Waals surface area contributed by atoms with Gasteiger partial charge in [-0.3, -0.25) is 9.52 Å². The fourth-order valence-electron chi connectivity index (χ4n) is 3.74. The lowest BCUT2D eigenvalue weighted by Crippen LogP contribution is -2.27. The van der Waals surface area contributed by atoms with E-state index < -0.39 is 10.0 Å². The van der Waals surface area contributed by atoms with E-state index in [-0.39, 0.29) is 22.4 Å². The van der Waals surface area contributed by atoms with Gasteiger partial charge in [0.2, 0.25) is 0 Å². The first-order valence-electron chi connectivity index (χ1n) is 11.1. The van der Waals surface area contributed by atoms with Crippen molar-refractivity contribution in [1.82, 2.24) is 5.32 Å². The Kier molecular flexibility index (Phi) is 6.52. The third kappa shape index (κ3) is 5.02. The molecule has 0 bridgehead atoms. The number of nitrogens with one attached hydrogen (secondary N) is 2. The fraction of sp³-hybridized carbons (Fsp3) is 0.269. The first-order valence-corrected chi connectivity index (χ1v) is 12.5. The summed E-state index contributed by atoms with van der Waals surface area (Å²) in [7, 11) is -3.88. The molecule has 0 aromatic heterocycles. The van der Waals surface area contributed by atoms with Crippen LogP contribution in [0.2, 0.25) is 0 Å². The van der Waals surface area contributed by atoms with Crippen LogP contribution in [0, 0.1) is 20.8 Å². The van der Waals surface area contributed by atoms with Crippen LogP contribution in [-0.4, -0.2) is 27.5 Å². The number of hydrogen-bond donors (Lipinski definition) is 2. The molecule has 1 aliphatic rings. The van der Waals surface area contributed by atoms with Gasteiger partial charge in [-0.25, -0.2) is 8.42 Å². The van der Waals surface area contributed by atoms with Gasteiger partial charge in [-0.2, -0.15) is 0 Å². The average molecular weight is 481 g/mol. The maximum atomic E-state index is 13.1. The Labute approximate surface area is 200 Å². The normalized spacial score (nSPS) is 13.8. The van der Waals surface area contributed by atoms with Gasteiger partial charge < -0.3 is 14.8 Å². The first-order chi connectivity index (χ1) is 16.1. The molecule has 1 aliphatic heterocycles. The van der Waals surface area contributed by atoms with Gasteiger partial charge >= 0.3 is 0 Å². The van der Waals surface area contributed by atoms with Crippen LogP contribution in [0.1, 0.15) is 45.6 Å². The molecule has 2 N–H and O–H groups in total. The molecular formula is C26H28N2O5S. The molecular weight excluding hydrogens is 452 g/mol. The number of ether oxygens (including phenoxy) is 2. The number of amides is 1. The lowest BCUT2D eigenvalue weighted by atomic mass is 10.1. The van der Waals surface area contributed by atoms with Gasteiger partial charge in [0.25, 0.3) is 15.9 Å². The molecule has 1 heterocycles. The molecule has 0 fully saturated rings. The van der Waals surface area contributed by atoms with Crippen molar-refractivity contribution in [3.05, 3.63) is 82.4 Å². The largest absolute Gasteiger partial charge is 0.486 e. The first kappa shape index (κ1) is 23.6. The Morgan fingerprint density at radius 2 is 1.56 bits per heavy atom. The highest BCUT2D eigenvalue weighted by Gasteiger charge is 2.21. The van der Waals surface area contributed by atoms with Crippen LogP contribution in [0.3, 0.4) is 0 Å². The summed E-state index contributed by atoms with van der Waals surface area (Å²) < 4.78 is 40.0. The number of hydrogen-bond acceptors (Lipinski definition) is 5. The summed E-state index contributed by atoms with van der Waals surface area (Å²) in [6, 6.07) is 15.3. The number of sulfonamides is 1. The molecule has 3 aromatic carbocycles. The lowest BCUT2D eigenvalue weighted by Gasteiger charge is -2.21. The number of carbonyl (C=O) groups is 1. The summed E-state index contributed by atoms with van der Waals surface area (Å²) >= 11 is 0. The quantitative estimate of drug-likeness (QED) is 0.535. The highest BCUT2D eigenvalue weighted by molar-refractivity contribution is 7.92. The van der Waals surface area contributed by atoms with Gasteiger partial charge in [0.15, 0.2) is 11.5 Å². The van der Waals surface area contributed by atoms with Crippen molar-refractivity contribution in [2.75, 3.05) is 17.9 Å². The standard InChI is InChI=1S/C26H28N2O5S/c1-16-6-9-22(13-18(16)3)28-34(30,31)25-15-21(7-5-17(25)2)26(29)27-19(4)20-8-10-23-24(14-20)33-12-11-32-23/h5-10,13-15,19,28H,11-12H2,1-4H3,(H,27,29). The molecule has 0 aliphatic carbocycles. The van der Waals surface area contributed by atoms with Gasteiger partial charge in [0, 0.05) is 11.3 Å². The van der Waals surface area contributed by atoms with Crippen molar-refractivity contribution < 1.29 is 22.7 Å². The highest BCUT2D eigenvalue weighted by Crippen LogP contribution is 2.32. The molecule has 0 radical (unpaired) electrons. The molecule has 4 rings (SSSR count). The summed E-state index contributed by atoms with van der Waals surface area (Å²) in [5, 5.41) is 2.93. The second-order valence-corrected chi connectivity index (χ2v) is 10.1. The predicted molar refractivity (Wildman–Crippen MR) is 131 cm³/mol. The molecule has 3 aromatic rings. The zero-order chi connectivity index (χ0) is 24.5. The van der Waals surface area contributed by atoms with E-state index in [9.17, 15) is 13.2 Å². The maximum Gasteiger partial charge on any atom is 0.262 e. The van der Waals surface area contributed by atoms with Crippen molar-refractivity contribution in [2.45, 2.75) is 38.6 Å². The fourth-order valence-corrected chi connectivity index (χ4v) is 5.06. The molecule has 34 heavy (non-hydrogen) atoms. The van der Waals surface area contributed by atoms with E-state index in [1.807, 2.05) is 45.0 Å². The highest BCUT2D eigenvalue weighted by atomic mass is 32.2. The zero-order valence-electron chi connectivity index (χ0n) is 19.6. The molecule has 0 saturated carbocycles. The Morgan fingerprint density at radius 1 is 0.853 bits per heavy atom. The topological polar surface area (TPSA) is 93.7 Å². The van der Waals surface area contributed by atoms with Gasteiger partial charge in [-0.05, 0) is 86.3 Å². The van der Waals surface area contributed by atoms with Crippen LogP contribution in [-0.2, 0) is 10.0 Å². The van der Waals surface area contributed by atoms with Crippen molar-refractivity contribution in [3.63, 3.8) is 0 Å². The monoisotopic (exact) mass is 480 g/mol. The Balaban J connectivity index is 1.53. The molecule has 1 unspecified atom stereocenters. The van der Waals surface area contributed by atoms with Crippen molar-refractivity contribution in [1.29, 1.82) is 0 Å². The van der Waals surface area contributed by atoms with Gasteiger partial charge in [0.05, 0.1) is 10.9 Å². The Morgan fingerprint density at radius 3 is 2.29 bits per heavy atom. The van der Waals surface area contributed by atoms with Crippen LogP contribution >= 0.6 is 0 Å². The van der Waals surface area contributed by atoms with Crippen LogP contribution < -0.4 is 19.5 Å². The average Bonchev–Trinajstić information content (AvgIpc) is 2.81. The maximum absolute atomic E-state index is 13.1. The summed E-state index contributed by atoms with van der Waals surface area (Å²) in [6.45, 7) is 8.44. The van der Waals surface area contributed by atoms with E-state index in [0.29, 0.717) is 36.0 Å². The van der Waals surface area contributed by atoms with Gasteiger partial charge in [-0.1, -0.05) is 18.2 Å². The van der Waals surface area contributed by atoms with E-state index in [2.05, 4.69) is 10.0 Å². The van der Waals surface area contributed by atoms with Crippen LogP contribution in [0.4, 0.5) is 5.69 Å². The third-order valence-electron chi connectivity index (χ3n) is 5.91. The van der Waals surface area contributed by atoms with Crippen LogP contribution in [0.25, 0.3) is 0 Å². The number of aryl methyl sites for hydroxylation is 3. The van der Waals surface area contributed by atoms with E-state index in [1.165, 1.54) is 6.07 Å². The van der Waals surface area contributed by atoms with Gasteiger partial charge in [0.1, 0.15) is 13.2 Å². The number of rotatable bonds is 6. The van der Waals surface area contributed by atoms with Gasteiger partial charge in [-0.15, -0.1) is 0 Å². The molecule has 0 saturated heterocycles. The van der Waals surface area contributed by atoms with Crippen molar-refractivity contribution >= 4 is 21.6 Å². The molecule has 7 nitrogen and oxygen atoms in total. The minimum atomic E-state index is -3.88. The molecule has 178 valence electrons. The van der Waals surface area contributed by atoms with Crippen LogP contribution in [0.5, 0.6) is 11.5 Å². The Bertz CT molecular complexity index is 1350. The number of anilines is 1. The summed E-state index contributed by atoms with van der Waals surface area (Å²) in [5.74, 6) is 0.953. The summed E-state index contributed by atoms with van der Waals surface area (Å²) in [5.41, 5.74) is 4.20. The number of fused-ring (bicyclic) bond motifs is 1. The second-order valence-electron chi connectivity index (χ2n) is 8.48. The third-order valence-corrected chi connectivity index (χ3v) is 7.44. The van der Waals surface area contributed by atoms with E-state index in [0.717, 1.165) is 16.7 Å². The van der Waals surface area contributed by atoms with E-state index in [4.69, 9.17) is 9.47 Å². The summed E-state index contributed by atoms with van der Waals surface area (Å²) in [4.78, 5) is 13.0. The zero-order valence-corrected chi connectivity index (χ0v) is 20.5. The molecule has 1 atom stereocenters. The Hall–Kier alpha value is -3.52. The SMILES string of the molecule is Cc1ccc(NS(=O)(=O)c2cc(C(=O)NC(C)c3ccc4c(c3)OCCO4)ccc2C)cc1C. The lowest BCUT2D eigenvalue weighted by molar-refractivity contribution is 0.0939. The molecule has 1 amide bonds. The predicted octanol–water partition coefficient (Wildman–Crippen LogP) is 4.67. The van der Waals surface area contributed by atoms with E-state index in [1.54, 1.807) is 31.2 Å². The van der Waals surface area contributed by atoms with E-state index >= 15 is 0 Å². The summed E-state index contributed by atoms with van der Waals surface area (Å²) in [6.07, 6.45) is 0. The minimum absolute atomic E-state index is 0.0605. The van der Waals surface area contributed by atoms with Crippen molar-refractivity contribution in [2.24, 2.45) is 0 Å².